The van der Waals surface area contributed by atoms with E-state index >= 15 is 0 Å². The van der Waals surface area contributed by atoms with Crippen molar-refractivity contribution in [1.82, 2.24) is 25.1 Å². The van der Waals surface area contributed by atoms with Crippen LogP contribution < -0.4 is 0 Å². The molecular weight excluding hydrogens is 394 g/mol. The highest BCUT2D eigenvalue weighted by Gasteiger charge is 2.63. The van der Waals surface area contributed by atoms with Gasteiger partial charge in [0, 0.05) is 19.6 Å². The normalized spacial score (nSPS) is 27.4. The number of nitrogens with zero attached hydrogens (tertiary/aromatic N) is 5. The average molecular weight is 415 g/mol. The minimum atomic E-state index is -3.89. The summed E-state index contributed by atoms with van der Waals surface area (Å²) in [7, 11) is -1.02. The maximum Gasteiger partial charge on any atom is 0.260 e. The summed E-state index contributed by atoms with van der Waals surface area (Å²) in [6.45, 7) is 6.73. The van der Waals surface area contributed by atoms with Crippen LogP contribution in [0, 0.1) is 5.41 Å². The predicted molar refractivity (Wildman–Crippen MR) is 96.0 cm³/mol. The van der Waals surface area contributed by atoms with Crippen molar-refractivity contribution < 1.29 is 22.7 Å². The van der Waals surface area contributed by atoms with Crippen LogP contribution in [0.3, 0.4) is 0 Å². The lowest BCUT2D eigenvalue weighted by Gasteiger charge is -2.51. The number of ether oxygens (including phenoxy) is 1. The van der Waals surface area contributed by atoms with Crippen LogP contribution in [0.2, 0.25) is 0 Å². The number of ketones is 1. The molecular formula is C15H21N5O5S2. The van der Waals surface area contributed by atoms with E-state index in [1.807, 2.05) is 0 Å². The van der Waals surface area contributed by atoms with E-state index in [4.69, 9.17) is 4.74 Å². The van der Waals surface area contributed by atoms with Gasteiger partial charge in [0.2, 0.25) is 5.16 Å². The van der Waals surface area contributed by atoms with Crippen molar-refractivity contribution in [3.63, 3.8) is 0 Å². The molecule has 0 aromatic carbocycles. The van der Waals surface area contributed by atoms with E-state index in [0.717, 1.165) is 16.7 Å². The minimum absolute atomic E-state index is 0.119. The van der Waals surface area contributed by atoms with Gasteiger partial charge >= 0.3 is 0 Å². The third kappa shape index (κ3) is 2.90. The lowest BCUT2D eigenvalue weighted by molar-refractivity contribution is -0.161. The number of β-lactam (4-membered cyclic amide) rings is 1. The summed E-state index contributed by atoms with van der Waals surface area (Å²) in [6.07, 6.45) is -1.13. The molecule has 3 heterocycles. The molecule has 27 heavy (non-hydrogen) atoms. The number of sulfone groups is 1. The van der Waals surface area contributed by atoms with E-state index in [1.165, 1.54) is 11.8 Å². The first kappa shape index (κ1) is 20.0. The van der Waals surface area contributed by atoms with Gasteiger partial charge in [0.05, 0.1) is 5.70 Å². The Kier molecular flexibility index (Phi) is 4.72. The molecule has 0 radical (unpaired) electrons. The van der Waals surface area contributed by atoms with Crippen molar-refractivity contribution in [3.8, 4) is 0 Å². The third-order valence-electron chi connectivity index (χ3n) is 4.54. The number of tetrazole rings is 1. The molecule has 1 aromatic rings. The molecule has 0 saturated carbocycles. The Morgan fingerprint density at radius 1 is 1.30 bits per heavy atom. The van der Waals surface area contributed by atoms with Gasteiger partial charge in [0.15, 0.2) is 27.1 Å². The van der Waals surface area contributed by atoms with Gasteiger partial charge in [-0.2, -0.15) is 0 Å². The molecule has 2 aliphatic rings. The molecule has 0 spiro atoms. The Morgan fingerprint density at radius 2 is 1.93 bits per heavy atom. The van der Waals surface area contributed by atoms with Crippen molar-refractivity contribution in [2.45, 2.75) is 48.9 Å². The van der Waals surface area contributed by atoms with Gasteiger partial charge in [-0.3, -0.25) is 14.5 Å². The summed E-state index contributed by atoms with van der Waals surface area (Å²) >= 11 is 0.933. The number of hydrogen-bond donors (Lipinski definition) is 0. The highest BCUT2D eigenvalue weighted by molar-refractivity contribution is 8.14. The summed E-state index contributed by atoms with van der Waals surface area (Å²) in [6, 6.07) is 0. The molecule has 148 valence electrons. The number of thioether (sulfide) groups is 1. The Labute approximate surface area is 161 Å². The van der Waals surface area contributed by atoms with Crippen molar-refractivity contribution >= 4 is 33.3 Å². The van der Waals surface area contributed by atoms with Crippen molar-refractivity contribution in [2.75, 3.05) is 7.11 Å². The second kappa shape index (κ2) is 6.38. The SMILES string of the molecule is CO[C@H]1C(=O)N2C(C(=O)C(C)(C)C)=C(C)C(Sc3nnnn3C)S(=O)(=O)[C@@H]12. The van der Waals surface area contributed by atoms with Crippen LogP contribution in [0.1, 0.15) is 27.7 Å². The van der Waals surface area contributed by atoms with Crippen LogP contribution in [0.5, 0.6) is 0 Å². The number of carbonyl (C=O) groups excluding carboxylic acids is 2. The van der Waals surface area contributed by atoms with Crippen molar-refractivity contribution in [3.05, 3.63) is 11.3 Å². The molecule has 1 fully saturated rings. The zero-order chi connectivity index (χ0) is 20.3. The van der Waals surface area contributed by atoms with Gasteiger partial charge in [-0.25, -0.2) is 13.1 Å². The monoisotopic (exact) mass is 415 g/mol. The van der Waals surface area contributed by atoms with Crippen LogP contribution >= 0.6 is 11.8 Å². The molecule has 1 saturated heterocycles. The largest absolute Gasteiger partial charge is 0.368 e. The van der Waals surface area contributed by atoms with E-state index in [0.29, 0.717) is 10.7 Å². The zero-order valence-electron chi connectivity index (χ0n) is 15.8. The van der Waals surface area contributed by atoms with Gasteiger partial charge in [0.1, 0.15) is 4.58 Å². The van der Waals surface area contributed by atoms with Gasteiger partial charge in [0.25, 0.3) is 5.91 Å². The first-order valence-electron chi connectivity index (χ1n) is 8.16. The molecule has 2 aliphatic heterocycles. The van der Waals surface area contributed by atoms with Crippen LogP contribution in [-0.2, 0) is 31.2 Å². The fourth-order valence-corrected chi connectivity index (χ4v) is 6.92. The summed E-state index contributed by atoms with van der Waals surface area (Å²) in [4.78, 5) is 26.6. The molecule has 12 heteroatoms. The van der Waals surface area contributed by atoms with Crippen LogP contribution in [-0.4, -0.2) is 68.4 Å². The van der Waals surface area contributed by atoms with Gasteiger partial charge < -0.3 is 4.74 Å². The van der Waals surface area contributed by atoms with Crippen LogP contribution in [0.25, 0.3) is 0 Å². The van der Waals surface area contributed by atoms with Crippen molar-refractivity contribution in [2.24, 2.45) is 12.5 Å². The average Bonchev–Trinajstić information content (AvgIpc) is 2.96. The lowest BCUT2D eigenvalue weighted by Crippen LogP contribution is -2.71. The first-order chi connectivity index (χ1) is 12.4. The summed E-state index contributed by atoms with van der Waals surface area (Å²) in [5.74, 6) is -0.828. The second-order valence-electron chi connectivity index (χ2n) is 7.49. The smallest absolute Gasteiger partial charge is 0.260 e. The molecule has 1 unspecified atom stereocenters. The maximum atomic E-state index is 13.2. The summed E-state index contributed by atoms with van der Waals surface area (Å²) in [5.41, 5.74) is -0.377. The number of fused-ring (bicyclic) bond motifs is 1. The Bertz CT molecular complexity index is 946. The number of aryl methyl sites for hydroxylation is 1. The van der Waals surface area contributed by atoms with Crippen LogP contribution in [0.4, 0.5) is 0 Å². The van der Waals surface area contributed by atoms with E-state index in [-0.39, 0.29) is 11.5 Å². The number of hydrogen-bond acceptors (Lipinski definition) is 9. The quantitative estimate of drug-likeness (QED) is 0.631. The number of rotatable bonds is 4. The molecule has 10 nitrogen and oxygen atoms in total. The fraction of sp³-hybridized carbons (Fsp3) is 0.667. The second-order valence-corrected chi connectivity index (χ2v) is 11.0. The topological polar surface area (TPSA) is 124 Å². The highest BCUT2D eigenvalue weighted by atomic mass is 32.3. The molecule has 0 bridgehead atoms. The standard InChI is InChI=1S/C15H21N5O5S2/c1-7-8(10(21)15(2,3)4)20-11(22)9(25-6)12(20)27(23,24)13(7)26-14-16-17-18-19(14)5/h9,12-13H,1-6H3/t9-,12-,13?/m0/s1. The van der Waals surface area contributed by atoms with Crippen LogP contribution in [0.15, 0.2) is 16.4 Å². The number of Topliss-reactive ketones (excluding diaryl/α,β-unsaturated/α-hetero) is 1. The Morgan fingerprint density at radius 3 is 2.41 bits per heavy atom. The molecule has 3 atom stereocenters. The highest BCUT2D eigenvalue weighted by Crippen LogP contribution is 2.47. The number of carbonyl (C=O) groups is 2. The zero-order valence-corrected chi connectivity index (χ0v) is 17.5. The van der Waals surface area contributed by atoms with E-state index in [1.54, 1.807) is 34.7 Å². The minimum Gasteiger partial charge on any atom is -0.368 e. The number of methoxy groups -OCH3 is 1. The maximum absolute atomic E-state index is 13.2. The summed E-state index contributed by atoms with van der Waals surface area (Å²) in [5, 5.41) is 10.1. The Balaban J connectivity index is 2.18. The molecule has 1 aromatic heterocycles. The van der Waals surface area contributed by atoms with Gasteiger partial charge in [-0.15, -0.1) is 5.10 Å². The number of amides is 1. The van der Waals surface area contributed by atoms with Crippen molar-refractivity contribution in [1.29, 1.82) is 0 Å². The van der Waals surface area contributed by atoms with Gasteiger partial charge in [-0.05, 0) is 22.9 Å². The molecule has 3 rings (SSSR count). The fourth-order valence-electron chi connectivity index (χ4n) is 3.10. The molecule has 0 aliphatic carbocycles. The molecule has 1 amide bonds. The van der Waals surface area contributed by atoms with E-state index < -0.39 is 37.2 Å². The third-order valence-corrected chi connectivity index (χ3v) is 8.84. The first-order valence-corrected chi connectivity index (χ1v) is 10.6. The number of allylic oxidation sites excluding steroid dienone is 1. The summed E-state index contributed by atoms with van der Waals surface area (Å²) < 4.78 is 31.8. The lowest BCUT2D eigenvalue weighted by atomic mass is 9.86. The number of aromatic nitrogens is 4. The predicted octanol–water partition coefficient (Wildman–Crippen LogP) is 0.129. The van der Waals surface area contributed by atoms with E-state index in [9.17, 15) is 18.0 Å². The van der Waals surface area contributed by atoms with Gasteiger partial charge in [-0.1, -0.05) is 32.5 Å². The molecule has 0 N–H and O–H groups in total. The Hall–Kier alpha value is -1.79. The van der Waals surface area contributed by atoms with E-state index in [2.05, 4.69) is 15.5 Å².